The van der Waals surface area contributed by atoms with Crippen LogP contribution in [0, 0.1) is 20.2 Å². The zero-order chi connectivity index (χ0) is 23.4. The standard InChI is InChI=1S/C23H24N4O6/c28-23(16-12-19(26(29)30)14-20(13-16)27(31)32)25-11-10-18(15-25)24-17-6-8-22(9-7-17)33-21-4-2-1-3-5-21/h2,4-9,12,14,18,20,24H,1,3,10-11,13,15H2/t18-,20?/m1/s1. The van der Waals surface area contributed by atoms with Gasteiger partial charge >= 0.3 is 0 Å². The Hall–Kier alpha value is -3.95. The van der Waals surface area contributed by atoms with E-state index >= 15 is 0 Å². The third-order valence-corrected chi connectivity index (χ3v) is 5.77. The molecule has 0 bridgehead atoms. The van der Waals surface area contributed by atoms with Gasteiger partial charge in [0, 0.05) is 41.4 Å². The molecule has 1 aliphatic heterocycles. The van der Waals surface area contributed by atoms with E-state index in [9.17, 15) is 25.0 Å². The number of benzene rings is 1. The number of nitro groups is 2. The van der Waals surface area contributed by atoms with Crippen molar-refractivity contribution in [3.63, 3.8) is 0 Å². The highest BCUT2D eigenvalue weighted by Crippen LogP contribution is 2.26. The Kier molecular flexibility index (Phi) is 6.53. The first kappa shape index (κ1) is 22.3. The normalized spacial score (nSPS) is 22.2. The maximum absolute atomic E-state index is 12.9. The van der Waals surface area contributed by atoms with Crippen LogP contribution in [-0.4, -0.2) is 45.8 Å². The number of anilines is 1. The highest BCUT2D eigenvalue weighted by molar-refractivity contribution is 5.94. The molecule has 4 rings (SSSR count). The zero-order valence-corrected chi connectivity index (χ0v) is 17.9. The third-order valence-electron chi connectivity index (χ3n) is 5.77. The molecular weight excluding hydrogens is 428 g/mol. The number of nitrogens with one attached hydrogen (secondary N) is 1. The molecule has 1 heterocycles. The van der Waals surface area contributed by atoms with Crippen molar-refractivity contribution < 1.29 is 19.4 Å². The van der Waals surface area contributed by atoms with E-state index in [1.807, 2.05) is 30.3 Å². The molecule has 3 aliphatic rings. The number of carbonyl (C=O) groups is 1. The van der Waals surface area contributed by atoms with Crippen LogP contribution >= 0.6 is 0 Å². The minimum Gasteiger partial charge on any atom is -0.458 e. The second kappa shape index (κ2) is 9.68. The molecular formula is C23H24N4O6. The molecule has 1 saturated heterocycles. The Bertz CT molecular complexity index is 1070. The van der Waals surface area contributed by atoms with Crippen molar-refractivity contribution in [1.82, 2.24) is 4.90 Å². The predicted molar refractivity (Wildman–Crippen MR) is 121 cm³/mol. The summed E-state index contributed by atoms with van der Waals surface area (Å²) >= 11 is 0. The molecule has 10 nitrogen and oxygen atoms in total. The van der Waals surface area contributed by atoms with Gasteiger partial charge in [-0.25, -0.2) is 0 Å². The summed E-state index contributed by atoms with van der Waals surface area (Å²) in [5, 5.41) is 25.7. The van der Waals surface area contributed by atoms with Gasteiger partial charge in [0.05, 0.1) is 17.4 Å². The van der Waals surface area contributed by atoms with E-state index in [-0.39, 0.29) is 18.0 Å². The zero-order valence-electron chi connectivity index (χ0n) is 17.9. The molecule has 1 amide bonds. The van der Waals surface area contributed by atoms with Gasteiger partial charge in [0.25, 0.3) is 5.70 Å². The summed E-state index contributed by atoms with van der Waals surface area (Å²) in [6, 6.07) is 6.30. The van der Waals surface area contributed by atoms with Gasteiger partial charge in [0.15, 0.2) is 0 Å². The molecule has 0 spiro atoms. The molecule has 172 valence electrons. The Balaban J connectivity index is 1.34. The van der Waals surface area contributed by atoms with Crippen LogP contribution in [0.2, 0.25) is 0 Å². The molecule has 0 saturated carbocycles. The fraction of sp³-hybridized carbons (Fsp3) is 0.348. The van der Waals surface area contributed by atoms with Gasteiger partial charge in [-0.1, -0.05) is 6.08 Å². The summed E-state index contributed by atoms with van der Waals surface area (Å²) in [5.41, 5.74) is 0.569. The highest BCUT2D eigenvalue weighted by atomic mass is 16.6. The van der Waals surface area contributed by atoms with Crippen LogP contribution in [0.25, 0.3) is 0 Å². The van der Waals surface area contributed by atoms with Crippen molar-refractivity contribution in [3.05, 3.63) is 91.9 Å². The van der Waals surface area contributed by atoms with E-state index in [1.165, 1.54) is 0 Å². The lowest BCUT2D eigenvalue weighted by Gasteiger charge is -2.21. The molecule has 1 fully saturated rings. The summed E-state index contributed by atoms with van der Waals surface area (Å²) in [7, 11) is 0. The van der Waals surface area contributed by atoms with Crippen molar-refractivity contribution in [2.75, 3.05) is 18.4 Å². The number of likely N-dealkylation sites (tertiary alicyclic amines) is 1. The first-order chi connectivity index (χ1) is 15.9. The summed E-state index contributed by atoms with van der Waals surface area (Å²) in [5.74, 6) is 1.18. The lowest BCUT2D eigenvalue weighted by atomic mass is 9.98. The van der Waals surface area contributed by atoms with Crippen molar-refractivity contribution in [1.29, 1.82) is 0 Å². The van der Waals surface area contributed by atoms with Gasteiger partial charge in [-0.15, -0.1) is 0 Å². The molecule has 2 aliphatic carbocycles. The fourth-order valence-electron chi connectivity index (χ4n) is 4.09. The number of amides is 1. The van der Waals surface area contributed by atoms with Crippen molar-refractivity contribution in [3.8, 4) is 5.75 Å². The molecule has 1 unspecified atom stereocenters. The topological polar surface area (TPSA) is 128 Å². The van der Waals surface area contributed by atoms with Crippen LogP contribution in [0.5, 0.6) is 5.75 Å². The Labute approximate surface area is 190 Å². The lowest BCUT2D eigenvalue weighted by molar-refractivity contribution is -0.511. The van der Waals surface area contributed by atoms with Crippen LogP contribution in [0.1, 0.15) is 25.7 Å². The first-order valence-corrected chi connectivity index (χ1v) is 10.8. The van der Waals surface area contributed by atoms with E-state index in [0.29, 0.717) is 19.5 Å². The van der Waals surface area contributed by atoms with Gasteiger partial charge in [0.1, 0.15) is 11.5 Å². The quantitative estimate of drug-likeness (QED) is 0.496. The average Bonchev–Trinajstić information content (AvgIpc) is 3.28. The molecule has 1 aromatic carbocycles. The van der Waals surface area contributed by atoms with Crippen molar-refractivity contribution in [2.45, 2.75) is 37.8 Å². The average molecular weight is 452 g/mol. The van der Waals surface area contributed by atoms with Crippen molar-refractivity contribution >= 4 is 11.6 Å². The van der Waals surface area contributed by atoms with Crippen LogP contribution in [-0.2, 0) is 4.79 Å². The van der Waals surface area contributed by atoms with E-state index in [2.05, 4.69) is 17.5 Å². The Morgan fingerprint density at radius 3 is 2.61 bits per heavy atom. The number of hydrogen-bond acceptors (Lipinski definition) is 7. The predicted octanol–water partition coefficient (Wildman–Crippen LogP) is 3.45. The minimum absolute atomic E-state index is 0.00531. The number of carbonyl (C=O) groups excluding carboxylic acids is 1. The highest BCUT2D eigenvalue weighted by Gasteiger charge is 2.35. The largest absolute Gasteiger partial charge is 0.458 e. The van der Waals surface area contributed by atoms with Crippen LogP contribution < -0.4 is 10.1 Å². The van der Waals surface area contributed by atoms with Gasteiger partial charge in [-0.3, -0.25) is 25.0 Å². The number of ether oxygens (including phenoxy) is 1. The molecule has 1 N–H and O–H groups in total. The second-order valence-corrected chi connectivity index (χ2v) is 8.17. The summed E-state index contributed by atoms with van der Waals surface area (Å²) in [4.78, 5) is 35.5. The van der Waals surface area contributed by atoms with Gasteiger partial charge in [-0.2, -0.15) is 0 Å². The fourth-order valence-corrected chi connectivity index (χ4v) is 4.09. The second-order valence-electron chi connectivity index (χ2n) is 8.17. The SMILES string of the molecule is O=C(C1=CC([N+](=O)[O-])=CC([N+](=O)[O-])C1)N1CC[C@@H](Nc2ccc(OC3=CCCC=C3)cc2)C1. The molecule has 2 atom stereocenters. The van der Waals surface area contributed by atoms with E-state index < -0.39 is 27.5 Å². The van der Waals surface area contributed by atoms with Crippen LogP contribution in [0.3, 0.4) is 0 Å². The molecule has 0 aromatic heterocycles. The van der Waals surface area contributed by atoms with E-state index in [1.54, 1.807) is 4.90 Å². The molecule has 33 heavy (non-hydrogen) atoms. The first-order valence-electron chi connectivity index (χ1n) is 10.8. The summed E-state index contributed by atoms with van der Waals surface area (Å²) in [6.07, 6.45) is 10.8. The minimum atomic E-state index is -1.27. The smallest absolute Gasteiger partial charge is 0.272 e. The molecule has 0 radical (unpaired) electrons. The Morgan fingerprint density at radius 1 is 1.15 bits per heavy atom. The monoisotopic (exact) mass is 452 g/mol. The molecule has 10 heteroatoms. The van der Waals surface area contributed by atoms with Gasteiger partial charge in [-0.05, 0) is 55.7 Å². The summed E-state index contributed by atoms with van der Waals surface area (Å²) < 4.78 is 5.83. The maximum atomic E-state index is 12.9. The van der Waals surface area contributed by atoms with E-state index in [4.69, 9.17) is 4.74 Å². The van der Waals surface area contributed by atoms with Crippen molar-refractivity contribution in [2.24, 2.45) is 0 Å². The van der Waals surface area contributed by atoms with Crippen LogP contribution in [0.15, 0.2) is 71.7 Å². The summed E-state index contributed by atoms with van der Waals surface area (Å²) in [6.45, 7) is 0.878. The number of nitrogens with zero attached hydrogens (tertiary/aromatic N) is 3. The molecule has 1 aromatic rings. The third kappa shape index (κ3) is 5.46. The maximum Gasteiger partial charge on any atom is 0.272 e. The van der Waals surface area contributed by atoms with E-state index in [0.717, 1.165) is 42.2 Å². The van der Waals surface area contributed by atoms with Gasteiger partial charge in [0.2, 0.25) is 11.9 Å². The Morgan fingerprint density at radius 2 is 1.94 bits per heavy atom. The van der Waals surface area contributed by atoms with Gasteiger partial charge < -0.3 is 15.0 Å². The number of rotatable bonds is 7. The number of allylic oxidation sites excluding steroid dienone is 4. The van der Waals surface area contributed by atoms with Crippen LogP contribution in [0.4, 0.5) is 5.69 Å². The lowest BCUT2D eigenvalue weighted by Crippen LogP contribution is -2.35. The number of hydrogen-bond donors (Lipinski definition) is 1.